The van der Waals surface area contributed by atoms with Gasteiger partial charge in [0.15, 0.2) is 0 Å². The fourth-order valence-corrected chi connectivity index (χ4v) is 2.56. The minimum atomic E-state index is -0.609. The molecule has 0 N–H and O–H groups in total. The molecule has 0 radical (unpaired) electrons. The van der Waals surface area contributed by atoms with E-state index < -0.39 is 24.3 Å². The minimum Gasteiger partial charge on any atom is -0.466 e. The van der Waals surface area contributed by atoms with E-state index in [1.165, 1.54) is 14.0 Å². The molecular weight excluding hydrogens is 323 g/mol. The zero-order chi connectivity index (χ0) is 18.8. The third-order valence-electron chi connectivity index (χ3n) is 4.75. The molecule has 0 atom stereocenters. The molecule has 0 saturated carbocycles. The van der Waals surface area contributed by atoms with Crippen LogP contribution in [0.1, 0.15) is 50.5 Å². The smallest absolute Gasteiger partial charge is 0.466 e. The number of carbonyl (C=O) groups is 2. The van der Waals surface area contributed by atoms with Gasteiger partial charge in [0.25, 0.3) is 0 Å². The molecule has 1 heterocycles. The van der Waals surface area contributed by atoms with Crippen molar-refractivity contribution in [1.29, 1.82) is 0 Å². The van der Waals surface area contributed by atoms with Crippen molar-refractivity contribution in [3.63, 3.8) is 0 Å². The molecule has 0 bridgehead atoms. The SMILES string of the molecule is COC(=O)c1ccc(CCOC(C)=O)c(B2OC(C)(C)C(C)(C)O2)c1. The zero-order valence-electron chi connectivity index (χ0n) is 15.7. The van der Waals surface area contributed by atoms with Crippen LogP contribution >= 0.6 is 0 Å². The summed E-state index contributed by atoms with van der Waals surface area (Å²) in [4.78, 5) is 22.9. The summed E-state index contributed by atoms with van der Waals surface area (Å²) in [6.07, 6.45) is 0.500. The molecule has 1 aliphatic heterocycles. The largest absolute Gasteiger partial charge is 0.495 e. The Labute approximate surface area is 148 Å². The van der Waals surface area contributed by atoms with Crippen LogP contribution in [0.3, 0.4) is 0 Å². The molecule has 0 aromatic heterocycles. The molecule has 7 heteroatoms. The van der Waals surface area contributed by atoms with Gasteiger partial charge in [0.05, 0.1) is 30.5 Å². The first-order chi connectivity index (χ1) is 11.6. The number of benzene rings is 1. The average molecular weight is 348 g/mol. The summed E-state index contributed by atoms with van der Waals surface area (Å²) in [5.41, 5.74) is 1.07. The number of carbonyl (C=O) groups excluding carboxylic acids is 2. The van der Waals surface area contributed by atoms with Gasteiger partial charge in [-0.3, -0.25) is 4.79 Å². The molecule has 0 spiro atoms. The van der Waals surface area contributed by atoms with E-state index in [4.69, 9.17) is 18.8 Å². The first-order valence-corrected chi connectivity index (χ1v) is 8.27. The van der Waals surface area contributed by atoms with Gasteiger partial charge in [-0.15, -0.1) is 0 Å². The standard InChI is InChI=1S/C18H25BO6/c1-12(20)23-10-9-13-7-8-14(16(21)22-6)11-15(13)19-24-17(2,3)18(4,5)25-19/h7-8,11H,9-10H2,1-6H3. The predicted octanol–water partition coefficient (Wildman–Crippen LogP) is 1.88. The fraction of sp³-hybridized carbons (Fsp3) is 0.556. The Morgan fingerprint density at radius 2 is 1.72 bits per heavy atom. The summed E-state index contributed by atoms with van der Waals surface area (Å²) >= 11 is 0. The van der Waals surface area contributed by atoms with Crippen LogP contribution in [-0.2, 0) is 30.0 Å². The fourth-order valence-electron chi connectivity index (χ4n) is 2.56. The van der Waals surface area contributed by atoms with Gasteiger partial charge in [0.2, 0.25) is 0 Å². The zero-order valence-corrected chi connectivity index (χ0v) is 15.7. The highest BCUT2D eigenvalue weighted by molar-refractivity contribution is 6.62. The topological polar surface area (TPSA) is 71.1 Å². The molecule has 1 aromatic rings. The summed E-state index contributed by atoms with van der Waals surface area (Å²) < 4.78 is 22.0. The van der Waals surface area contributed by atoms with Crippen LogP contribution in [0.5, 0.6) is 0 Å². The van der Waals surface area contributed by atoms with Crippen molar-refractivity contribution in [2.24, 2.45) is 0 Å². The maximum Gasteiger partial charge on any atom is 0.495 e. The molecule has 1 saturated heterocycles. The van der Waals surface area contributed by atoms with E-state index in [0.29, 0.717) is 12.0 Å². The normalized spacial score (nSPS) is 18.1. The van der Waals surface area contributed by atoms with E-state index in [0.717, 1.165) is 11.0 Å². The lowest BCUT2D eigenvalue weighted by atomic mass is 9.74. The Morgan fingerprint density at radius 1 is 1.12 bits per heavy atom. The first-order valence-electron chi connectivity index (χ1n) is 8.27. The highest BCUT2D eigenvalue weighted by Gasteiger charge is 2.52. The molecule has 6 nitrogen and oxygen atoms in total. The number of ether oxygens (including phenoxy) is 2. The van der Waals surface area contributed by atoms with Gasteiger partial charge in [0, 0.05) is 13.3 Å². The van der Waals surface area contributed by atoms with E-state index >= 15 is 0 Å². The monoisotopic (exact) mass is 348 g/mol. The van der Waals surface area contributed by atoms with Crippen molar-refractivity contribution >= 4 is 24.5 Å². The van der Waals surface area contributed by atoms with Crippen LogP contribution in [0.4, 0.5) is 0 Å². The number of hydrogen-bond acceptors (Lipinski definition) is 6. The Balaban J connectivity index is 2.34. The van der Waals surface area contributed by atoms with E-state index in [-0.39, 0.29) is 12.6 Å². The highest BCUT2D eigenvalue weighted by atomic mass is 16.7. The number of rotatable bonds is 5. The van der Waals surface area contributed by atoms with E-state index in [1.54, 1.807) is 12.1 Å². The van der Waals surface area contributed by atoms with Gasteiger partial charge < -0.3 is 18.8 Å². The molecule has 136 valence electrons. The van der Waals surface area contributed by atoms with Crippen LogP contribution < -0.4 is 5.46 Å². The summed E-state index contributed by atoms with van der Waals surface area (Å²) in [6, 6.07) is 5.22. The van der Waals surface area contributed by atoms with Crippen LogP contribution in [0.25, 0.3) is 0 Å². The quantitative estimate of drug-likeness (QED) is 0.598. The first kappa shape index (κ1) is 19.5. The van der Waals surface area contributed by atoms with Gasteiger partial charge in [-0.25, -0.2) is 4.79 Å². The Hall–Kier alpha value is -1.86. The molecule has 0 unspecified atom stereocenters. The van der Waals surface area contributed by atoms with E-state index in [1.807, 2.05) is 33.8 Å². The highest BCUT2D eigenvalue weighted by Crippen LogP contribution is 2.36. The molecular formula is C18H25BO6. The van der Waals surface area contributed by atoms with Crippen molar-refractivity contribution in [1.82, 2.24) is 0 Å². The molecule has 0 aliphatic carbocycles. The molecule has 1 aromatic carbocycles. The predicted molar refractivity (Wildman–Crippen MR) is 93.8 cm³/mol. The van der Waals surface area contributed by atoms with Gasteiger partial charge >= 0.3 is 19.1 Å². The average Bonchev–Trinajstić information content (AvgIpc) is 2.74. The van der Waals surface area contributed by atoms with Crippen molar-refractivity contribution in [2.45, 2.75) is 52.2 Å². The maximum atomic E-state index is 11.9. The summed E-state index contributed by atoms with van der Waals surface area (Å²) in [7, 11) is 0.729. The summed E-state index contributed by atoms with van der Waals surface area (Å²) in [5.74, 6) is -0.757. The van der Waals surface area contributed by atoms with Crippen molar-refractivity contribution in [3.8, 4) is 0 Å². The van der Waals surface area contributed by atoms with Crippen molar-refractivity contribution < 1.29 is 28.4 Å². The summed E-state index contributed by atoms with van der Waals surface area (Å²) in [6.45, 7) is 9.49. The molecule has 0 amide bonds. The Morgan fingerprint density at radius 3 is 2.24 bits per heavy atom. The van der Waals surface area contributed by atoms with Gasteiger partial charge in [-0.1, -0.05) is 6.07 Å². The third-order valence-corrected chi connectivity index (χ3v) is 4.75. The third kappa shape index (κ3) is 4.22. The van der Waals surface area contributed by atoms with E-state index in [9.17, 15) is 9.59 Å². The van der Waals surface area contributed by atoms with Gasteiger partial charge in [-0.05, 0) is 50.9 Å². The minimum absolute atomic E-state index is 0.249. The van der Waals surface area contributed by atoms with Crippen molar-refractivity contribution in [2.75, 3.05) is 13.7 Å². The lowest BCUT2D eigenvalue weighted by Gasteiger charge is -2.32. The van der Waals surface area contributed by atoms with Crippen LogP contribution in [0, 0.1) is 0 Å². The molecule has 25 heavy (non-hydrogen) atoms. The van der Waals surface area contributed by atoms with Gasteiger partial charge in [0.1, 0.15) is 0 Å². The second kappa shape index (κ2) is 7.18. The second-order valence-electron chi connectivity index (χ2n) is 7.08. The van der Waals surface area contributed by atoms with Crippen LogP contribution in [0.2, 0.25) is 0 Å². The van der Waals surface area contributed by atoms with Crippen LogP contribution in [-0.4, -0.2) is 44.0 Å². The molecule has 1 fully saturated rings. The Bertz CT molecular complexity index is 652. The number of methoxy groups -OCH3 is 1. The Kier molecular flexibility index (Phi) is 5.59. The lowest BCUT2D eigenvalue weighted by Crippen LogP contribution is -2.41. The van der Waals surface area contributed by atoms with Gasteiger partial charge in [-0.2, -0.15) is 0 Å². The van der Waals surface area contributed by atoms with Crippen LogP contribution in [0.15, 0.2) is 18.2 Å². The van der Waals surface area contributed by atoms with E-state index in [2.05, 4.69) is 0 Å². The summed E-state index contributed by atoms with van der Waals surface area (Å²) in [5, 5.41) is 0. The number of hydrogen-bond donors (Lipinski definition) is 0. The molecule has 2 rings (SSSR count). The van der Waals surface area contributed by atoms with Crippen molar-refractivity contribution in [3.05, 3.63) is 29.3 Å². The lowest BCUT2D eigenvalue weighted by molar-refractivity contribution is -0.140. The maximum absolute atomic E-state index is 11.9. The number of esters is 2. The molecule has 1 aliphatic rings. The second-order valence-corrected chi connectivity index (χ2v) is 7.08.